The van der Waals surface area contributed by atoms with Crippen molar-refractivity contribution in [1.29, 1.82) is 0 Å². The number of aromatic nitrogens is 1. The lowest BCUT2D eigenvalue weighted by atomic mass is 10.2. The predicted octanol–water partition coefficient (Wildman–Crippen LogP) is 2.82. The summed E-state index contributed by atoms with van der Waals surface area (Å²) in [7, 11) is 3.34. The lowest BCUT2D eigenvalue weighted by molar-refractivity contribution is 0.389. The highest BCUT2D eigenvalue weighted by Gasteiger charge is 2.05. The first kappa shape index (κ1) is 14.5. The molecule has 2 aromatic rings. The molecule has 0 saturated carbocycles. The quantitative estimate of drug-likeness (QED) is 0.843. The van der Waals surface area contributed by atoms with Crippen molar-refractivity contribution >= 4 is 0 Å². The van der Waals surface area contributed by atoms with E-state index in [9.17, 15) is 0 Å². The molecule has 108 valence electrons. The second-order valence-electron chi connectivity index (χ2n) is 4.57. The van der Waals surface area contributed by atoms with Crippen molar-refractivity contribution < 1.29 is 9.47 Å². The van der Waals surface area contributed by atoms with Crippen LogP contribution in [0.5, 0.6) is 11.5 Å². The van der Waals surface area contributed by atoms with Gasteiger partial charge in [-0.25, -0.2) is 0 Å². The number of methoxy groups -OCH3 is 2. The highest BCUT2D eigenvalue weighted by atomic mass is 16.5. The molecule has 0 fully saturated rings. The third kappa shape index (κ3) is 3.33. The summed E-state index contributed by atoms with van der Waals surface area (Å²) < 4.78 is 12.8. The molecule has 4 heteroatoms. The topological polar surface area (TPSA) is 35.4 Å². The Morgan fingerprint density at radius 3 is 2.65 bits per heavy atom. The van der Waals surface area contributed by atoms with Crippen LogP contribution >= 0.6 is 0 Å². The highest BCUT2D eigenvalue weighted by molar-refractivity contribution is 5.40. The van der Waals surface area contributed by atoms with Crippen LogP contribution in [-0.4, -0.2) is 18.8 Å². The van der Waals surface area contributed by atoms with E-state index >= 15 is 0 Å². The third-order valence-electron chi connectivity index (χ3n) is 3.38. The molecule has 0 aliphatic heterocycles. The Bertz CT molecular complexity index is 549. The standard InChI is InChI=1S/C16H22N2O2/c1-4-18-9-5-6-14(18)12-17-11-13-7-8-15(19-2)10-16(13)20-3/h5-10,17H,4,11-12H2,1-3H3. The fourth-order valence-electron chi connectivity index (χ4n) is 2.24. The molecule has 0 unspecified atom stereocenters. The van der Waals surface area contributed by atoms with Crippen molar-refractivity contribution in [2.24, 2.45) is 0 Å². The smallest absolute Gasteiger partial charge is 0.127 e. The number of nitrogens with one attached hydrogen (secondary N) is 1. The van der Waals surface area contributed by atoms with E-state index in [4.69, 9.17) is 9.47 Å². The normalized spacial score (nSPS) is 10.6. The molecule has 1 aromatic heterocycles. The second kappa shape index (κ2) is 7.01. The summed E-state index contributed by atoms with van der Waals surface area (Å²) in [6.45, 7) is 4.75. The summed E-state index contributed by atoms with van der Waals surface area (Å²) >= 11 is 0. The monoisotopic (exact) mass is 274 g/mol. The summed E-state index contributed by atoms with van der Waals surface area (Å²) in [6.07, 6.45) is 2.10. The molecule has 2 rings (SSSR count). The van der Waals surface area contributed by atoms with Gasteiger partial charge in [-0.2, -0.15) is 0 Å². The van der Waals surface area contributed by atoms with Gasteiger partial charge in [0.25, 0.3) is 0 Å². The zero-order valence-electron chi connectivity index (χ0n) is 12.3. The van der Waals surface area contributed by atoms with E-state index in [0.717, 1.165) is 36.7 Å². The minimum Gasteiger partial charge on any atom is -0.497 e. The van der Waals surface area contributed by atoms with E-state index in [1.807, 2.05) is 18.2 Å². The first-order valence-corrected chi connectivity index (χ1v) is 6.84. The average Bonchev–Trinajstić information content (AvgIpc) is 2.95. The fourth-order valence-corrected chi connectivity index (χ4v) is 2.24. The Hall–Kier alpha value is -1.94. The summed E-state index contributed by atoms with van der Waals surface area (Å²) in [5, 5.41) is 3.45. The van der Waals surface area contributed by atoms with E-state index in [-0.39, 0.29) is 0 Å². The molecule has 0 saturated heterocycles. The third-order valence-corrected chi connectivity index (χ3v) is 3.38. The molecule has 0 amide bonds. The van der Waals surface area contributed by atoms with Gasteiger partial charge >= 0.3 is 0 Å². The van der Waals surface area contributed by atoms with Crippen LogP contribution in [0.2, 0.25) is 0 Å². The van der Waals surface area contributed by atoms with E-state index in [2.05, 4.69) is 35.1 Å². The molecule has 1 heterocycles. The van der Waals surface area contributed by atoms with Gasteiger partial charge in [0, 0.05) is 43.2 Å². The Morgan fingerprint density at radius 1 is 1.10 bits per heavy atom. The lowest BCUT2D eigenvalue weighted by Gasteiger charge is -2.12. The van der Waals surface area contributed by atoms with Gasteiger partial charge in [0.2, 0.25) is 0 Å². The molecule has 0 aliphatic rings. The minimum atomic E-state index is 0.766. The molecule has 0 aliphatic carbocycles. The molecule has 20 heavy (non-hydrogen) atoms. The van der Waals surface area contributed by atoms with Crippen LogP contribution in [0.25, 0.3) is 0 Å². The van der Waals surface area contributed by atoms with Gasteiger partial charge in [0.1, 0.15) is 11.5 Å². The van der Waals surface area contributed by atoms with Crippen molar-refractivity contribution in [2.45, 2.75) is 26.6 Å². The SMILES string of the molecule is CCn1cccc1CNCc1ccc(OC)cc1OC. The molecular formula is C16H22N2O2. The van der Waals surface area contributed by atoms with Crippen LogP contribution in [-0.2, 0) is 19.6 Å². The maximum Gasteiger partial charge on any atom is 0.127 e. The largest absolute Gasteiger partial charge is 0.497 e. The molecule has 0 spiro atoms. The van der Waals surface area contributed by atoms with Crippen LogP contribution in [0.4, 0.5) is 0 Å². The average molecular weight is 274 g/mol. The summed E-state index contributed by atoms with van der Waals surface area (Å²) in [4.78, 5) is 0. The number of rotatable bonds is 7. The zero-order chi connectivity index (χ0) is 14.4. The Labute approximate surface area is 120 Å². The zero-order valence-corrected chi connectivity index (χ0v) is 12.3. The maximum atomic E-state index is 5.40. The summed E-state index contributed by atoms with van der Waals surface area (Å²) in [6, 6.07) is 10.1. The van der Waals surface area contributed by atoms with Gasteiger partial charge in [-0.3, -0.25) is 0 Å². The van der Waals surface area contributed by atoms with Crippen molar-refractivity contribution in [3.63, 3.8) is 0 Å². The number of nitrogens with zero attached hydrogens (tertiary/aromatic N) is 1. The minimum absolute atomic E-state index is 0.766. The number of aryl methyl sites for hydroxylation is 1. The van der Waals surface area contributed by atoms with Crippen LogP contribution in [0.15, 0.2) is 36.5 Å². The number of ether oxygens (including phenoxy) is 2. The van der Waals surface area contributed by atoms with E-state index in [0.29, 0.717) is 0 Å². The van der Waals surface area contributed by atoms with E-state index < -0.39 is 0 Å². The predicted molar refractivity (Wildman–Crippen MR) is 80.2 cm³/mol. The maximum absolute atomic E-state index is 5.40. The molecule has 0 atom stereocenters. The first-order valence-electron chi connectivity index (χ1n) is 6.84. The van der Waals surface area contributed by atoms with Gasteiger partial charge in [-0.05, 0) is 25.1 Å². The fraction of sp³-hybridized carbons (Fsp3) is 0.375. The molecule has 4 nitrogen and oxygen atoms in total. The van der Waals surface area contributed by atoms with Crippen LogP contribution < -0.4 is 14.8 Å². The van der Waals surface area contributed by atoms with Gasteiger partial charge in [-0.15, -0.1) is 0 Å². The van der Waals surface area contributed by atoms with Crippen molar-refractivity contribution in [3.05, 3.63) is 47.8 Å². The van der Waals surface area contributed by atoms with Crippen LogP contribution in [0.3, 0.4) is 0 Å². The summed E-state index contributed by atoms with van der Waals surface area (Å²) in [5.74, 6) is 1.66. The van der Waals surface area contributed by atoms with Crippen molar-refractivity contribution in [3.8, 4) is 11.5 Å². The van der Waals surface area contributed by atoms with Crippen LogP contribution in [0.1, 0.15) is 18.2 Å². The highest BCUT2D eigenvalue weighted by Crippen LogP contribution is 2.24. The van der Waals surface area contributed by atoms with Crippen LogP contribution in [0, 0.1) is 0 Å². The molecule has 1 aromatic carbocycles. The van der Waals surface area contributed by atoms with Crippen molar-refractivity contribution in [1.82, 2.24) is 9.88 Å². The van der Waals surface area contributed by atoms with E-state index in [1.165, 1.54) is 5.69 Å². The first-order chi connectivity index (χ1) is 9.78. The van der Waals surface area contributed by atoms with Gasteiger partial charge in [0.15, 0.2) is 0 Å². The molecule has 0 bridgehead atoms. The van der Waals surface area contributed by atoms with Gasteiger partial charge < -0.3 is 19.4 Å². The van der Waals surface area contributed by atoms with Crippen molar-refractivity contribution in [2.75, 3.05) is 14.2 Å². The molecule has 0 radical (unpaired) electrons. The van der Waals surface area contributed by atoms with E-state index in [1.54, 1.807) is 14.2 Å². The Balaban J connectivity index is 1.97. The number of hydrogen-bond donors (Lipinski definition) is 1. The second-order valence-corrected chi connectivity index (χ2v) is 4.57. The van der Waals surface area contributed by atoms with Gasteiger partial charge in [0.05, 0.1) is 14.2 Å². The lowest BCUT2D eigenvalue weighted by Crippen LogP contribution is -2.16. The van der Waals surface area contributed by atoms with Gasteiger partial charge in [-0.1, -0.05) is 6.07 Å². The summed E-state index contributed by atoms with van der Waals surface area (Å²) in [5.41, 5.74) is 2.42. The Morgan fingerprint density at radius 2 is 1.95 bits per heavy atom. The Kier molecular flexibility index (Phi) is 5.07. The molecule has 1 N–H and O–H groups in total. The molecular weight excluding hydrogens is 252 g/mol. The number of hydrogen-bond acceptors (Lipinski definition) is 3. The number of benzene rings is 1.